The minimum Gasteiger partial charge on any atom is -0.311 e. The minimum atomic E-state index is 0.908. The van der Waals surface area contributed by atoms with Gasteiger partial charge in [-0.05, 0) is 37.4 Å². The van der Waals surface area contributed by atoms with Crippen molar-refractivity contribution in [3.8, 4) is 0 Å². The van der Waals surface area contributed by atoms with Gasteiger partial charge in [-0.2, -0.15) is 0 Å². The maximum absolute atomic E-state index is 4.29. The summed E-state index contributed by atoms with van der Waals surface area (Å²) in [6.07, 6.45) is 10.5. The Morgan fingerprint density at radius 2 is 2.12 bits per heavy atom. The summed E-state index contributed by atoms with van der Waals surface area (Å²) < 4.78 is 0. The molecule has 1 N–H and O–H groups in total. The van der Waals surface area contributed by atoms with Crippen LogP contribution in [0.3, 0.4) is 0 Å². The SMILES string of the molecule is c1ccc(CNCCCC2CCCC2)nc1. The summed E-state index contributed by atoms with van der Waals surface area (Å²) in [4.78, 5) is 4.29. The van der Waals surface area contributed by atoms with Gasteiger partial charge in [0.2, 0.25) is 0 Å². The molecule has 0 bridgehead atoms. The fraction of sp³-hybridized carbons (Fsp3) is 0.643. The van der Waals surface area contributed by atoms with Gasteiger partial charge in [-0.1, -0.05) is 31.7 Å². The first kappa shape index (κ1) is 11.6. The summed E-state index contributed by atoms with van der Waals surface area (Å²) in [6.45, 7) is 2.04. The van der Waals surface area contributed by atoms with Crippen molar-refractivity contribution < 1.29 is 0 Å². The van der Waals surface area contributed by atoms with Gasteiger partial charge in [0, 0.05) is 12.7 Å². The molecule has 0 atom stereocenters. The fourth-order valence-electron chi connectivity index (χ4n) is 2.53. The Hall–Kier alpha value is -0.890. The number of pyridine rings is 1. The van der Waals surface area contributed by atoms with E-state index in [-0.39, 0.29) is 0 Å². The number of aromatic nitrogens is 1. The zero-order valence-corrected chi connectivity index (χ0v) is 9.99. The number of nitrogens with one attached hydrogen (secondary N) is 1. The maximum atomic E-state index is 4.29. The molecule has 2 rings (SSSR count). The van der Waals surface area contributed by atoms with Crippen LogP contribution in [0.25, 0.3) is 0 Å². The van der Waals surface area contributed by atoms with E-state index < -0.39 is 0 Å². The maximum Gasteiger partial charge on any atom is 0.0541 e. The molecule has 16 heavy (non-hydrogen) atoms. The first-order valence-electron chi connectivity index (χ1n) is 6.56. The Morgan fingerprint density at radius 1 is 1.25 bits per heavy atom. The molecule has 0 amide bonds. The zero-order valence-electron chi connectivity index (χ0n) is 9.99. The standard InChI is InChI=1S/C14H22N2/c1-2-7-13(6-1)8-5-10-15-12-14-9-3-4-11-16-14/h3-4,9,11,13,15H,1-2,5-8,10,12H2. The third-order valence-corrected chi connectivity index (χ3v) is 3.47. The van der Waals surface area contributed by atoms with Crippen LogP contribution in [0, 0.1) is 5.92 Å². The first-order chi connectivity index (χ1) is 7.95. The lowest BCUT2D eigenvalue weighted by atomic mass is 10.0. The largest absolute Gasteiger partial charge is 0.311 e. The molecule has 0 spiro atoms. The molecular formula is C14H22N2. The summed E-state index contributed by atoms with van der Waals surface area (Å²) in [7, 11) is 0. The summed E-state index contributed by atoms with van der Waals surface area (Å²) in [5.41, 5.74) is 1.14. The molecule has 1 fully saturated rings. The number of hydrogen-bond acceptors (Lipinski definition) is 2. The van der Waals surface area contributed by atoms with Crippen molar-refractivity contribution in [2.45, 2.75) is 45.1 Å². The molecule has 1 aromatic rings. The minimum absolute atomic E-state index is 0.908. The molecule has 1 saturated carbocycles. The molecule has 2 nitrogen and oxygen atoms in total. The van der Waals surface area contributed by atoms with Gasteiger partial charge >= 0.3 is 0 Å². The fourth-order valence-corrected chi connectivity index (χ4v) is 2.53. The number of rotatable bonds is 6. The highest BCUT2D eigenvalue weighted by atomic mass is 14.9. The van der Waals surface area contributed by atoms with Gasteiger partial charge in [-0.25, -0.2) is 0 Å². The molecule has 88 valence electrons. The quantitative estimate of drug-likeness (QED) is 0.742. The average Bonchev–Trinajstić information content (AvgIpc) is 2.83. The average molecular weight is 218 g/mol. The second-order valence-electron chi connectivity index (χ2n) is 4.79. The van der Waals surface area contributed by atoms with E-state index in [2.05, 4.69) is 16.4 Å². The van der Waals surface area contributed by atoms with Gasteiger partial charge in [0.25, 0.3) is 0 Å². The molecule has 1 heterocycles. The summed E-state index contributed by atoms with van der Waals surface area (Å²) in [6, 6.07) is 6.08. The van der Waals surface area contributed by atoms with E-state index in [9.17, 15) is 0 Å². The van der Waals surface area contributed by atoms with Crippen LogP contribution in [0.1, 0.15) is 44.2 Å². The predicted octanol–water partition coefficient (Wildman–Crippen LogP) is 3.14. The topological polar surface area (TPSA) is 24.9 Å². The van der Waals surface area contributed by atoms with Gasteiger partial charge in [0.05, 0.1) is 5.69 Å². The molecule has 0 radical (unpaired) electrons. The van der Waals surface area contributed by atoms with E-state index in [0.717, 1.165) is 24.7 Å². The first-order valence-corrected chi connectivity index (χ1v) is 6.56. The van der Waals surface area contributed by atoms with Crippen LogP contribution < -0.4 is 5.32 Å². The lowest BCUT2D eigenvalue weighted by Gasteiger charge is -2.08. The van der Waals surface area contributed by atoms with Gasteiger partial charge < -0.3 is 5.32 Å². The van der Waals surface area contributed by atoms with E-state index in [0.29, 0.717) is 0 Å². The van der Waals surface area contributed by atoms with E-state index in [1.165, 1.54) is 38.5 Å². The highest BCUT2D eigenvalue weighted by molar-refractivity contribution is 5.02. The van der Waals surface area contributed by atoms with Crippen LogP contribution in [0.4, 0.5) is 0 Å². The molecular weight excluding hydrogens is 196 g/mol. The van der Waals surface area contributed by atoms with Gasteiger partial charge in [0.15, 0.2) is 0 Å². The normalized spacial score (nSPS) is 16.8. The molecule has 0 saturated heterocycles. The Kier molecular flexibility index (Phi) is 4.81. The highest BCUT2D eigenvalue weighted by Crippen LogP contribution is 2.28. The number of hydrogen-bond donors (Lipinski definition) is 1. The van der Waals surface area contributed by atoms with Crippen molar-refractivity contribution in [3.05, 3.63) is 30.1 Å². The van der Waals surface area contributed by atoms with Crippen LogP contribution >= 0.6 is 0 Å². The molecule has 0 aliphatic heterocycles. The van der Waals surface area contributed by atoms with Crippen LogP contribution in [0.5, 0.6) is 0 Å². The van der Waals surface area contributed by atoms with E-state index in [1.54, 1.807) is 0 Å². The number of nitrogens with zero attached hydrogens (tertiary/aromatic N) is 1. The Labute approximate surface area is 98.5 Å². The Morgan fingerprint density at radius 3 is 2.88 bits per heavy atom. The Balaban J connectivity index is 1.52. The third-order valence-electron chi connectivity index (χ3n) is 3.47. The lowest BCUT2D eigenvalue weighted by Crippen LogP contribution is -2.16. The van der Waals surface area contributed by atoms with Gasteiger partial charge in [0.1, 0.15) is 0 Å². The van der Waals surface area contributed by atoms with Crippen LogP contribution in [-0.2, 0) is 6.54 Å². The summed E-state index contributed by atoms with van der Waals surface area (Å²) >= 11 is 0. The van der Waals surface area contributed by atoms with Gasteiger partial charge in [-0.15, -0.1) is 0 Å². The molecule has 2 heteroatoms. The van der Waals surface area contributed by atoms with Crippen molar-refractivity contribution in [1.82, 2.24) is 10.3 Å². The van der Waals surface area contributed by atoms with Crippen LogP contribution in [-0.4, -0.2) is 11.5 Å². The van der Waals surface area contributed by atoms with Crippen molar-refractivity contribution in [3.63, 3.8) is 0 Å². The third kappa shape index (κ3) is 3.93. The van der Waals surface area contributed by atoms with Crippen LogP contribution in [0.2, 0.25) is 0 Å². The molecule has 1 aliphatic rings. The van der Waals surface area contributed by atoms with Crippen molar-refractivity contribution in [2.75, 3.05) is 6.54 Å². The lowest BCUT2D eigenvalue weighted by molar-refractivity contribution is 0.469. The summed E-state index contributed by atoms with van der Waals surface area (Å²) in [5.74, 6) is 1.02. The van der Waals surface area contributed by atoms with Crippen molar-refractivity contribution in [1.29, 1.82) is 0 Å². The predicted molar refractivity (Wildman–Crippen MR) is 67.1 cm³/mol. The van der Waals surface area contributed by atoms with E-state index in [4.69, 9.17) is 0 Å². The molecule has 0 aromatic carbocycles. The smallest absolute Gasteiger partial charge is 0.0541 e. The van der Waals surface area contributed by atoms with Crippen molar-refractivity contribution in [2.24, 2.45) is 5.92 Å². The zero-order chi connectivity index (χ0) is 11.1. The molecule has 1 aromatic heterocycles. The Bertz CT molecular complexity index is 278. The second kappa shape index (κ2) is 6.64. The molecule has 0 unspecified atom stereocenters. The van der Waals surface area contributed by atoms with E-state index >= 15 is 0 Å². The monoisotopic (exact) mass is 218 g/mol. The highest BCUT2D eigenvalue weighted by Gasteiger charge is 2.13. The van der Waals surface area contributed by atoms with Gasteiger partial charge in [-0.3, -0.25) is 4.98 Å². The van der Waals surface area contributed by atoms with Crippen LogP contribution in [0.15, 0.2) is 24.4 Å². The summed E-state index contributed by atoms with van der Waals surface area (Å²) in [5, 5.41) is 3.46. The van der Waals surface area contributed by atoms with E-state index in [1.807, 2.05) is 18.3 Å². The molecule has 1 aliphatic carbocycles. The second-order valence-corrected chi connectivity index (χ2v) is 4.79. The van der Waals surface area contributed by atoms with Crippen molar-refractivity contribution >= 4 is 0 Å².